The van der Waals surface area contributed by atoms with E-state index in [2.05, 4.69) is 15.3 Å². The Labute approximate surface area is 111 Å². The maximum atomic E-state index is 10.7. The Bertz CT molecular complexity index is 439. The number of carbonyl (C=O) groups is 1. The number of anilines is 1. The number of carbonyl (C=O) groups excluding carboxylic acids is 1. The molecule has 7 heteroatoms. The zero-order chi connectivity index (χ0) is 13.7. The molecular weight excluding hydrogens is 256 g/mol. The van der Waals surface area contributed by atoms with Gasteiger partial charge in [0, 0.05) is 12.0 Å². The molecule has 0 fully saturated rings. The number of halogens is 1. The first-order valence-corrected chi connectivity index (χ1v) is 6.07. The van der Waals surface area contributed by atoms with Crippen LogP contribution in [0.1, 0.15) is 24.7 Å². The fraction of sp³-hybridized carbons (Fsp3) is 0.545. The van der Waals surface area contributed by atoms with Crippen LogP contribution in [0.5, 0.6) is 0 Å². The van der Waals surface area contributed by atoms with Gasteiger partial charge in [-0.3, -0.25) is 4.79 Å². The van der Waals surface area contributed by atoms with E-state index < -0.39 is 12.0 Å². The second-order valence-corrected chi connectivity index (χ2v) is 4.31. The van der Waals surface area contributed by atoms with Crippen LogP contribution in [-0.2, 0) is 11.2 Å². The lowest BCUT2D eigenvalue weighted by Crippen LogP contribution is -2.34. The van der Waals surface area contributed by atoms with E-state index in [0.29, 0.717) is 28.8 Å². The van der Waals surface area contributed by atoms with Gasteiger partial charge in [-0.1, -0.05) is 18.5 Å². The van der Waals surface area contributed by atoms with Crippen molar-refractivity contribution in [2.45, 2.75) is 32.8 Å². The minimum atomic E-state index is -1.26. The highest BCUT2D eigenvalue weighted by Crippen LogP contribution is 2.20. The van der Waals surface area contributed by atoms with Crippen molar-refractivity contribution in [3.63, 3.8) is 0 Å². The summed E-state index contributed by atoms with van der Waals surface area (Å²) in [7, 11) is 0. The maximum absolute atomic E-state index is 10.7. The van der Waals surface area contributed by atoms with Crippen molar-refractivity contribution >= 4 is 23.3 Å². The average molecular weight is 273 g/mol. The van der Waals surface area contributed by atoms with E-state index in [4.69, 9.17) is 17.3 Å². The minimum Gasteiger partial charge on any atom is -0.381 e. The molecule has 0 bridgehead atoms. The predicted octanol–water partition coefficient (Wildman–Crippen LogP) is 0.649. The summed E-state index contributed by atoms with van der Waals surface area (Å²) < 4.78 is 0. The topological polar surface area (TPSA) is 101 Å². The van der Waals surface area contributed by atoms with Gasteiger partial charge in [0.1, 0.15) is 22.9 Å². The van der Waals surface area contributed by atoms with Crippen molar-refractivity contribution in [3.05, 3.63) is 16.5 Å². The molecule has 1 atom stereocenters. The Morgan fingerprint density at radius 3 is 2.78 bits per heavy atom. The molecular formula is C11H17ClN4O2. The van der Waals surface area contributed by atoms with Crippen LogP contribution in [0, 0.1) is 6.92 Å². The third kappa shape index (κ3) is 3.82. The molecule has 1 aromatic heterocycles. The van der Waals surface area contributed by atoms with Gasteiger partial charge in [-0.15, -0.1) is 0 Å². The quantitative estimate of drug-likeness (QED) is 0.660. The highest BCUT2D eigenvalue weighted by molar-refractivity contribution is 6.30. The number of aliphatic hydroxyl groups excluding tert-OH is 1. The van der Waals surface area contributed by atoms with Crippen molar-refractivity contribution in [2.75, 3.05) is 11.9 Å². The van der Waals surface area contributed by atoms with E-state index in [1.807, 2.05) is 6.92 Å². The largest absolute Gasteiger partial charge is 0.381 e. The number of amides is 1. The fourth-order valence-electron chi connectivity index (χ4n) is 1.33. The molecule has 0 saturated heterocycles. The first-order chi connectivity index (χ1) is 8.45. The Hall–Kier alpha value is -1.40. The number of aromatic nitrogens is 2. The number of aliphatic hydroxyl groups is 1. The molecule has 0 spiro atoms. The van der Waals surface area contributed by atoms with Gasteiger partial charge in [-0.2, -0.15) is 0 Å². The number of hydrogen-bond donors (Lipinski definition) is 3. The maximum Gasteiger partial charge on any atom is 0.248 e. The standard InChI is InChI=1S/C11H17ClN4O2/c1-3-4-8-15-9(12)6(2)11(16-8)14-5-7(17)10(13)18/h7,17H,3-5H2,1-2H3,(H2,13,18)(H,14,15,16). The molecule has 1 aromatic rings. The van der Waals surface area contributed by atoms with Crippen molar-refractivity contribution in [1.29, 1.82) is 0 Å². The average Bonchev–Trinajstić information content (AvgIpc) is 2.31. The van der Waals surface area contributed by atoms with Gasteiger partial charge >= 0.3 is 0 Å². The van der Waals surface area contributed by atoms with Crippen LogP contribution in [0.15, 0.2) is 0 Å². The van der Waals surface area contributed by atoms with Gasteiger partial charge in [-0.05, 0) is 13.3 Å². The highest BCUT2D eigenvalue weighted by Gasteiger charge is 2.13. The van der Waals surface area contributed by atoms with E-state index in [-0.39, 0.29) is 6.54 Å². The number of rotatable bonds is 6. The number of nitrogens with two attached hydrogens (primary N) is 1. The fourth-order valence-corrected chi connectivity index (χ4v) is 1.52. The van der Waals surface area contributed by atoms with E-state index in [1.165, 1.54) is 0 Å². The summed E-state index contributed by atoms with van der Waals surface area (Å²) >= 11 is 5.99. The van der Waals surface area contributed by atoms with Gasteiger partial charge in [-0.25, -0.2) is 9.97 Å². The molecule has 1 unspecified atom stereocenters. The Balaban J connectivity index is 2.83. The van der Waals surface area contributed by atoms with Crippen molar-refractivity contribution < 1.29 is 9.90 Å². The third-order valence-electron chi connectivity index (χ3n) is 2.40. The molecule has 6 nitrogen and oxygen atoms in total. The van der Waals surface area contributed by atoms with Crippen molar-refractivity contribution in [3.8, 4) is 0 Å². The van der Waals surface area contributed by atoms with Gasteiger partial charge in [0.15, 0.2) is 0 Å². The predicted molar refractivity (Wildman–Crippen MR) is 69.5 cm³/mol. The van der Waals surface area contributed by atoms with E-state index in [0.717, 1.165) is 6.42 Å². The first kappa shape index (κ1) is 14.7. The van der Waals surface area contributed by atoms with E-state index >= 15 is 0 Å². The first-order valence-electron chi connectivity index (χ1n) is 5.70. The molecule has 1 heterocycles. The van der Waals surface area contributed by atoms with E-state index in [1.54, 1.807) is 6.92 Å². The summed E-state index contributed by atoms with van der Waals surface area (Å²) in [5, 5.41) is 12.5. The molecule has 0 aliphatic carbocycles. The van der Waals surface area contributed by atoms with Crippen LogP contribution in [0.2, 0.25) is 5.15 Å². The zero-order valence-electron chi connectivity index (χ0n) is 10.4. The number of nitrogens with one attached hydrogen (secondary N) is 1. The Kier molecular flexibility index (Phi) is 5.30. The van der Waals surface area contributed by atoms with Crippen LogP contribution in [0.4, 0.5) is 5.82 Å². The summed E-state index contributed by atoms with van der Waals surface area (Å²) in [6.07, 6.45) is 0.364. The SMILES string of the molecule is CCCc1nc(Cl)c(C)c(NCC(O)C(N)=O)n1. The van der Waals surface area contributed by atoms with Crippen LogP contribution < -0.4 is 11.1 Å². The number of hydrogen-bond acceptors (Lipinski definition) is 5. The normalized spacial score (nSPS) is 12.2. The molecule has 0 saturated carbocycles. The summed E-state index contributed by atoms with van der Waals surface area (Å²) in [5.41, 5.74) is 5.63. The van der Waals surface area contributed by atoms with Gasteiger partial charge in [0.2, 0.25) is 5.91 Å². The molecule has 0 aliphatic heterocycles. The molecule has 100 valence electrons. The molecule has 18 heavy (non-hydrogen) atoms. The second kappa shape index (κ2) is 6.51. The van der Waals surface area contributed by atoms with E-state index in [9.17, 15) is 9.90 Å². The summed E-state index contributed by atoms with van der Waals surface area (Å²) in [6.45, 7) is 3.77. The Morgan fingerprint density at radius 1 is 1.56 bits per heavy atom. The molecule has 1 rings (SSSR count). The lowest BCUT2D eigenvalue weighted by atomic mass is 10.2. The smallest absolute Gasteiger partial charge is 0.248 e. The van der Waals surface area contributed by atoms with Crippen LogP contribution in [0.3, 0.4) is 0 Å². The molecule has 1 amide bonds. The summed E-state index contributed by atoms with van der Waals surface area (Å²) in [4.78, 5) is 19.1. The molecule has 0 aromatic carbocycles. The second-order valence-electron chi connectivity index (χ2n) is 3.95. The molecule has 4 N–H and O–H groups in total. The van der Waals surface area contributed by atoms with Crippen molar-refractivity contribution in [2.24, 2.45) is 5.73 Å². The van der Waals surface area contributed by atoms with Gasteiger partial charge in [0.25, 0.3) is 0 Å². The Morgan fingerprint density at radius 2 is 2.22 bits per heavy atom. The zero-order valence-corrected chi connectivity index (χ0v) is 11.2. The summed E-state index contributed by atoms with van der Waals surface area (Å²) in [5.74, 6) is 0.358. The monoisotopic (exact) mass is 272 g/mol. The molecule has 0 radical (unpaired) electrons. The third-order valence-corrected chi connectivity index (χ3v) is 2.77. The minimum absolute atomic E-state index is 0.00488. The lowest BCUT2D eigenvalue weighted by Gasteiger charge is -2.12. The lowest BCUT2D eigenvalue weighted by molar-refractivity contribution is -0.125. The molecule has 0 aliphatic rings. The highest BCUT2D eigenvalue weighted by atomic mass is 35.5. The van der Waals surface area contributed by atoms with Crippen LogP contribution in [0.25, 0.3) is 0 Å². The summed E-state index contributed by atoms with van der Waals surface area (Å²) in [6, 6.07) is 0. The number of aryl methyl sites for hydroxylation is 1. The van der Waals surface area contributed by atoms with Crippen LogP contribution >= 0.6 is 11.6 Å². The van der Waals surface area contributed by atoms with Crippen molar-refractivity contribution in [1.82, 2.24) is 9.97 Å². The van der Waals surface area contributed by atoms with Gasteiger partial charge in [0.05, 0.1) is 6.54 Å². The van der Waals surface area contributed by atoms with Crippen LogP contribution in [-0.4, -0.2) is 33.6 Å². The number of primary amides is 1. The van der Waals surface area contributed by atoms with Gasteiger partial charge < -0.3 is 16.2 Å². The number of nitrogens with zero attached hydrogens (tertiary/aromatic N) is 2.